The molecule has 2 unspecified atom stereocenters. The van der Waals surface area contributed by atoms with Crippen LogP contribution in [0.3, 0.4) is 0 Å². The molecule has 3 aliphatic heterocycles. The number of thiocarbonyl (C=S) groups is 2. The molecule has 3 saturated heterocycles. The van der Waals surface area contributed by atoms with Crippen molar-refractivity contribution in [2.75, 3.05) is 46.8 Å². The number of hydrogen-bond donors (Lipinski definition) is 0. The predicted octanol–water partition coefficient (Wildman–Crippen LogP) is -0.219. The van der Waals surface area contributed by atoms with Crippen LogP contribution in [0.1, 0.15) is 13.8 Å². The second kappa shape index (κ2) is 7.82. The Balaban J connectivity index is 1.63. The molecule has 2 atom stereocenters. The van der Waals surface area contributed by atoms with E-state index in [2.05, 4.69) is 0 Å². The first-order valence-corrected chi connectivity index (χ1v) is 10.1. The van der Waals surface area contributed by atoms with Crippen LogP contribution < -0.4 is 0 Å². The second-order valence-corrected chi connectivity index (χ2v) is 8.46. The minimum Gasteiger partial charge on any atom is -0.338 e. The molecule has 10 nitrogen and oxygen atoms in total. The summed E-state index contributed by atoms with van der Waals surface area (Å²) >= 11 is 10.7. The van der Waals surface area contributed by atoms with Gasteiger partial charge in [-0.3, -0.25) is 19.4 Å². The van der Waals surface area contributed by atoms with Crippen molar-refractivity contribution in [3.63, 3.8) is 0 Å². The molecule has 29 heavy (non-hydrogen) atoms. The Morgan fingerprint density at radius 2 is 1.31 bits per heavy atom. The number of urea groups is 2. The highest BCUT2D eigenvalue weighted by atomic mass is 32.1. The van der Waals surface area contributed by atoms with Gasteiger partial charge < -0.3 is 19.6 Å². The first-order chi connectivity index (χ1) is 13.5. The van der Waals surface area contributed by atoms with Gasteiger partial charge in [-0.1, -0.05) is 12.2 Å². The number of imide groups is 2. The number of carbonyl (C=O) groups excluding carboxylic acids is 4. The predicted molar refractivity (Wildman–Crippen MR) is 112 cm³/mol. The van der Waals surface area contributed by atoms with Crippen molar-refractivity contribution >= 4 is 58.4 Å². The molecule has 158 valence electrons. The van der Waals surface area contributed by atoms with Gasteiger partial charge in [-0.2, -0.15) is 0 Å². The van der Waals surface area contributed by atoms with E-state index in [1.54, 1.807) is 25.9 Å². The zero-order chi connectivity index (χ0) is 21.6. The maximum atomic E-state index is 12.9. The molecule has 0 aromatic rings. The van der Waals surface area contributed by atoms with Crippen LogP contribution in [0.15, 0.2) is 0 Å². The Bertz CT molecular complexity index is 805. The van der Waals surface area contributed by atoms with E-state index in [9.17, 15) is 19.2 Å². The van der Waals surface area contributed by atoms with E-state index in [1.807, 2.05) is 11.8 Å². The number of carbonyl (C=O) groups is 4. The smallest absolute Gasteiger partial charge is 0.327 e. The Kier molecular flexibility index (Phi) is 5.77. The molecule has 0 saturated carbocycles. The largest absolute Gasteiger partial charge is 0.338 e. The lowest BCUT2D eigenvalue weighted by molar-refractivity contribution is -0.125. The van der Waals surface area contributed by atoms with Crippen LogP contribution in [0.2, 0.25) is 0 Å². The van der Waals surface area contributed by atoms with Crippen molar-refractivity contribution in [2.24, 2.45) is 0 Å². The van der Waals surface area contributed by atoms with Crippen molar-refractivity contribution < 1.29 is 19.2 Å². The van der Waals surface area contributed by atoms with Crippen LogP contribution in [0, 0.1) is 0 Å². The lowest BCUT2D eigenvalue weighted by Gasteiger charge is -2.30. The monoisotopic (exact) mass is 440 g/mol. The van der Waals surface area contributed by atoms with E-state index < -0.39 is 18.1 Å². The fourth-order valence-corrected chi connectivity index (χ4v) is 4.26. The Morgan fingerprint density at radius 3 is 1.79 bits per heavy atom. The van der Waals surface area contributed by atoms with E-state index in [4.69, 9.17) is 24.4 Å². The normalized spacial score (nSPS) is 22.8. The molecule has 3 fully saturated rings. The van der Waals surface area contributed by atoms with Crippen LogP contribution in [-0.2, 0) is 9.59 Å². The van der Waals surface area contributed by atoms with Gasteiger partial charge in [0.1, 0.15) is 18.1 Å². The van der Waals surface area contributed by atoms with Gasteiger partial charge in [0.25, 0.3) is 0 Å². The molecule has 0 bridgehead atoms. The van der Waals surface area contributed by atoms with E-state index in [1.165, 1.54) is 14.7 Å². The minimum absolute atomic E-state index is 0.0219. The Morgan fingerprint density at radius 1 is 0.793 bits per heavy atom. The number of likely N-dealkylation sites (N-methyl/N-ethyl adjacent to an activating group) is 2. The third-order valence-corrected chi connectivity index (χ3v) is 6.40. The lowest BCUT2D eigenvalue weighted by Crippen LogP contribution is -2.48. The standard InChI is InChI=1S/C17H24N6O4S2/c1-10(5-22-12(24)7-18(3)15(22)26)20-8-13(25)23(16(20)27)6-11(2)21-9-14(28)19(4)17(21)29/h10-11H,5-9H2,1-4H3. The molecule has 0 N–H and O–H groups in total. The van der Waals surface area contributed by atoms with Gasteiger partial charge in [-0.25, -0.2) is 9.59 Å². The van der Waals surface area contributed by atoms with Crippen LogP contribution in [0.4, 0.5) is 9.59 Å². The molecule has 3 rings (SSSR count). The molecule has 3 heterocycles. The summed E-state index contributed by atoms with van der Waals surface area (Å²) in [5.41, 5.74) is 0. The molecule has 0 aromatic heterocycles. The van der Waals surface area contributed by atoms with Crippen molar-refractivity contribution in [1.82, 2.24) is 29.4 Å². The fourth-order valence-electron chi connectivity index (χ4n) is 3.62. The van der Waals surface area contributed by atoms with Crippen molar-refractivity contribution in [3.8, 4) is 0 Å². The number of hydrogen-bond acceptors (Lipinski definition) is 6. The zero-order valence-electron chi connectivity index (χ0n) is 16.8. The summed E-state index contributed by atoms with van der Waals surface area (Å²) in [6, 6.07) is -1.49. The van der Waals surface area contributed by atoms with E-state index in [0.717, 1.165) is 4.90 Å². The molecule has 0 aromatic carbocycles. The summed E-state index contributed by atoms with van der Waals surface area (Å²) in [6.07, 6.45) is 0. The molecule has 3 aliphatic rings. The summed E-state index contributed by atoms with van der Waals surface area (Å²) in [5, 5.41) is 0.571. The third kappa shape index (κ3) is 3.78. The van der Waals surface area contributed by atoms with Gasteiger partial charge in [0.15, 0.2) is 5.11 Å². The lowest BCUT2D eigenvalue weighted by atomic mass is 10.2. The first kappa shape index (κ1) is 21.4. The van der Waals surface area contributed by atoms with Gasteiger partial charge in [-0.05, 0) is 26.1 Å². The quantitative estimate of drug-likeness (QED) is 0.414. The molecular formula is C17H24N6O4S2. The number of amides is 6. The molecule has 12 heteroatoms. The molecule has 0 spiro atoms. The van der Waals surface area contributed by atoms with Gasteiger partial charge >= 0.3 is 12.1 Å². The summed E-state index contributed by atoms with van der Waals surface area (Å²) in [6.45, 7) is 4.27. The van der Waals surface area contributed by atoms with Gasteiger partial charge in [0.05, 0.1) is 19.6 Å². The van der Waals surface area contributed by atoms with Gasteiger partial charge in [-0.15, -0.1) is 0 Å². The average molecular weight is 441 g/mol. The number of nitrogens with zero attached hydrogens (tertiary/aromatic N) is 6. The van der Waals surface area contributed by atoms with E-state index in [-0.39, 0.29) is 44.0 Å². The average Bonchev–Trinajstić information content (AvgIpc) is 3.18. The highest BCUT2D eigenvalue weighted by Crippen LogP contribution is 2.20. The molecular weight excluding hydrogens is 416 g/mol. The summed E-state index contributed by atoms with van der Waals surface area (Å²) in [4.78, 5) is 58.8. The zero-order valence-corrected chi connectivity index (χ0v) is 18.5. The highest BCUT2D eigenvalue weighted by Gasteiger charge is 2.43. The van der Waals surface area contributed by atoms with Gasteiger partial charge in [0, 0.05) is 26.2 Å². The van der Waals surface area contributed by atoms with Crippen LogP contribution in [-0.4, -0.2) is 122 Å². The fraction of sp³-hybridized carbons (Fsp3) is 0.647. The molecule has 6 amide bonds. The van der Waals surface area contributed by atoms with Crippen molar-refractivity contribution in [1.29, 1.82) is 0 Å². The maximum absolute atomic E-state index is 12.9. The van der Waals surface area contributed by atoms with E-state index >= 15 is 0 Å². The van der Waals surface area contributed by atoms with Crippen LogP contribution >= 0.6 is 24.4 Å². The second-order valence-electron chi connectivity index (χ2n) is 7.62. The molecule has 0 radical (unpaired) electrons. The summed E-state index contributed by atoms with van der Waals surface area (Å²) in [5.74, 6) is -0.624. The Hall–Kier alpha value is -2.34. The van der Waals surface area contributed by atoms with Crippen LogP contribution in [0.25, 0.3) is 0 Å². The molecule has 0 aliphatic carbocycles. The first-order valence-electron chi connectivity index (χ1n) is 9.26. The number of rotatable bonds is 6. The highest BCUT2D eigenvalue weighted by molar-refractivity contribution is 7.82. The minimum atomic E-state index is -0.474. The van der Waals surface area contributed by atoms with Crippen molar-refractivity contribution in [3.05, 3.63) is 0 Å². The Labute approximate surface area is 179 Å². The van der Waals surface area contributed by atoms with Gasteiger partial charge in [0.2, 0.25) is 11.8 Å². The van der Waals surface area contributed by atoms with E-state index in [0.29, 0.717) is 16.6 Å². The third-order valence-electron chi connectivity index (χ3n) is 5.48. The maximum Gasteiger partial charge on any atom is 0.327 e. The summed E-state index contributed by atoms with van der Waals surface area (Å²) < 4.78 is 0. The van der Waals surface area contributed by atoms with Crippen LogP contribution in [0.5, 0.6) is 0 Å². The van der Waals surface area contributed by atoms with Crippen molar-refractivity contribution in [2.45, 2.75) is 25.9 Å². The topological polar surface area (TPSA) is 87.7 Å². The SMILES string of the molecule is CC(CN1C(=O)CN(C)C1=O)N1CC(=O)N(CC(C)N2CC(=S)N(C)C2=S)C1=O. The summed E-state index contributed by atoms with van der Waals surface area (Å²) in [7, 11) is 3.34.